The lowest BCUT2D eigenvalue weighted by molar-refractivity contribution is 0.102. The van der Waals surface area contributed by atoms with E-state index in [1.54, 1.807) is 6.92 Å². The highest BCUT2D eigenvalue weighted by Gasteiger charge is 2.29. The van der Waals surface area contributed by atoms with E-state index >= 15 is 0 Å². The van der Waals surface area contributed by atoms with E-state index in [1.807, 2.05) is 53.9 Å². The van der Waals surface area contributed by atoms with Gasteiger partial charge in [-0.25, -0.2) is 4.98 Å². The lowest BCUT2D eigenvalue weighted by atomic mass is 9.97. The summed E-state index contributed by atoms with van der Waals surface area (Å²) in [7, 11) is 0. The fraction of sp³-hybridized carbons (Fsp3) is 0.167. The van der Waals surface area contributed by atoms with Gasteiger partial charge in [-0.05, 0) is 30.7 Å². The highest BCUT2D eigenvalue weighted by atomic mass is 32.1. The first-order chi connectivity index (χ1) is 11.1. The van der Waals surface area contributed by atoms with E-state index in [0.29, 0.717) is 5.01 Å². The molecule has 4 rings (SSSR count). The van der Waals surface area contributed by atoms with Crippen molar-refractivity contribution < 1.29 is 14.6 Å². The van der Waals surface area contributed by atoms with Gasteiger partial charge >= 0.3 is 0 Å². The molecule has 1 atom stereocenters. The Bertz CT molecular complexity index is 842. The van der Waals surface area contributed by atoms with Crippen molar-refractivity contribution in [1.82, 2.24) is 4.98 Å². The average molecular weight is 325 g/mol. The number of thiazole rings is 1. The van der Waals surface area contributed by atoms with E-state index in [-0.39, 0.29) is 6.79 Å². The molecule has 0 bridgehead atoms. The summed E-state index contributed by atoms with van der Waals surface area (Å²) in [5.41, 5.74) is 1.48. The number of benzene rings is 2. The summed E-state index contributed by atoms with van der Waals surface area (Å²) in [5.74, 6) is 1.48. The quantitative estimate of drug-likeness (QED) is 0.796. The van der Waals surface area contributed by atoms with Gasteiger partial charge in [-0.1, -0.05) is 30.3 Å². The molecule has 0 saturated heterocycles. The third kappa shape index (κ3) is 2.48. The first kappa shape index (κ1) is 14.2. The van der Waals surface area contributed by atoms with Crippen molar-refractivity contribution in [2.24, 2.45) is 0 Å². The Balaban J connectivity index is 1.69. The summed E-state index contributed by atoms with van der Waals surface area (Å²) in [6, 6.07) is 15.3. The minimum atomic E-state index is -1.11. The number of hydrogen-bond donors (Lipinski definition) is 1. The molecule has 0 aliphatic carbocycles. The van der Waals surface area contributed by atoms with E-state index in [0.717, 1.165) is 28.3 Å². The van der Waals surface area contributed by atoms with Gasteiger partial charge in [-0.2, -0.15) is 0 Å². The number of aliphatic hydroxyl groups is 1. The molecule has 2 heterocycles. The van der Waals surface area contributed by atoms with Crippen LogP contribution >= 0.6 is 11.3 Å². The minimum absolute atomic E-state index is 0.254. The van der Waals surface area contributed by atoms with Crippen LogP contribution in [-0.4, -0.2) is 16.9 Å². The fourth-order valence-corrected chi connectivity index (χ4v) is 3.48. The molecule has 4 nitrogen and oxygen atoms in total. The Hall–Kier alpha value is -2.37. The van der Waals surface area contributed by atoms with Crippen LogP contribution in [0.15, 0.2) is 53.9 Å². The molecular weight excluding hydrogens is 310 g/mol. The van der Waals surface area contributed by atoms with Gasteiger partial charge in [0.25, 0.3) is 0 Å². The topological polar surface area (TPSA) is 51.6 Å². The van der Waals surface area contributed by atoms with Gasteiger partial charge in [0.2, 0.25) is 6.79 Å². The van der Waals surface area contributed by atoms with Crippen molar-refractivity contribution >= 4 is 11.3 Å². The normalized spacial score (nSPS) is 15.4. The first-order valence-electron chi connectivity index (χ1n) is 7.28. The molecule has 0 fully saturated rings. The van der Waals surface area contributed by atoms with Crippen molar-refractivity contribution in [2.45, 2.75) is 12.5 Å². The predicted molar refractivity (Wildman–Crippen MR) is 88.8 cm³/mol. The highest BCUT2D eigenvalue weighted by molar-refractivity contribution is 7.10. The zero-order valence-electron chi connectivity index (χ0n) is 12.5. The van der Waals surface area contributed by atoms with Crippen LogP contribution in [0.2, 0.25) is 0 Å². The highest BCUT2D eigenvalue weighted by Crippen LogP contribution is 2.38. The fourth-order valence-electron chi connectivity index (χ4n) is 2.57. The molecule has 23 heavy (non-hydrogen) atoms. The summed E-state index contributed by atoms with van der Waals surface area (Å²) in [6.07, 6.45) is 0. The molecule has 0 radical (unpaired) electrons. The third-order valence-electron chi connectivity index (χ3n) is 3.92. The largest absolute Gasteiger partial charge is 0.454 e. The van der Waals surface area contributed by atoms with E-state index in [1.165, 1.54) is 11.3 Å². The zero-order valence-corrected chi connectivity index (χ0v) is 13.3. The van der Waals surface area contributed by atoms with Crippen molar-refractivity contribution in [3.8, 4) is 22.8 Å². The van der Waals surface area contributed by atoms with E-state index < -0.39 is 5.60 Å². The number of fused-ring (bicyclic) bond motifs is 1. The second kappa shape index (κ2) is 5.37. The Kier molecular flexibility index (Phi) is 3.32. The summed E-state index contributed by atoms with van der Waals surface area (Å²) in [6.45, 7) is 2.02. The summed E-state index contributed by atoms with van der Waals surface area (Å²) in [5, 5.41) is 13.5. The standard InChI is InChI=1S/C18H15NO3S/c1-18(20,13-5-3-2-4-6-13)17-19-14(10-23-17)12-7-8-15-16(9-12)22-11-21-15/h2-10,20H,11H2,1H3. The van der Waals surface area contributed by atoms with Gasteiger partial charge in [0, 0.05) is 10.9 Å². The van der Waals surface area contributed by atoms with Crippen LogP contribution in [0.25, 0.3) is 11.3 Å². The summed E-state index contributed by atoms with van der Waals surface area (Å²) >= 11 is 1.45. The molecule has 1 aliphatic rings. The minimum Gasteiger partial charge on any atom is -0.454 e. The number of nitrogens with zero attached hydrogens (tertiary/aromatic N) is 1. The molecule has 0 amide bonds. The molecule has 0 spiro atoms. The van der Waals surface area contributed by atoms with Gasteiger partial charge in [-0.15, -0.1) is 11.3 Å². The Morgan fingerprint density at radius 3 is 2.70 bits per heavy atom. The second-order valence-corrected chi connectivity index (χ2v) is 6.40. The molecule has 1 aromatic heterocycles. The molecule has 5 heteroatoms. The number of aromatic nitrogens is 1. The van der Waals surface area contributed by atoms with Crippen molar-refractivity contribution in [2.75, 3.05) is 6.79 Å². The molecule has 0 saturated carbocycles. The van der Waals surface area contributed by atoms with Crippen LogP contribution in [0.1, 0.15) is 17.5 Å². The van der Waals surface area contributed by atoms with E-state index in [9.17, 15) is 5.11 Å². The summed E-state index contributed by atoms with van der Waals surface area (Å²) < 4.78 is 10.7. The van der Waals surface area contributed by atoms with E-state index in [4.69, 9.17) is 9.47 Å². The Morgan fingerprint density at radius 1 is 1.09 bits per heavy atom. The van der Waals surface area contributed by atoms with Crippen LogP contribution in [0, 0.1) is 0 Å². The molecule has 2 aromatic carbocycles. The zero-order chi connectivity index (χ0) is 15.9. The van der Waals surface area contributed by atoms with E-state index in [2.05, 4.69) is 4.98 Å². The second-order valence-electron chi connectivity index (χ2n) is 5.54. The SMILES string of the molecule is CC(O)(c1ccccc1)c1nc(-c2ccc3c(c2)OCO3)cs1. The predicted octanol–water partition coefficient (Wildman–Crippen LogP) is 3.79. The van der Waals surface area contributed by atoms with Crippen LogP contribution in [0.4, 0.5) is 0 Å². The van der Waals surface area contributed by atoms with Gasteiger partial charge in [-0.3, -0.25) is 0 Å². The van der Waals surface area contributed by atoms with Gasteiger partial charge < -0.3 is 14.6 Å². The maximum absolute atomic E-state index is 10.9. The maximum Gasteiger partial charge on any atom is 0.231 e. The monoisotopic (exact) mass is 325 g/mol. The van der Waals surface area contributed by atoms with Crippen LogP contribution in [0.3, 0.4) is 0 Å². The van der Waals surface area contributed by atoms with Gasteiger partial charge in [0.15, 0.2) is 11.5 Å². The van der Waals surface area contributed by atoms with Crippen molar-refractivity contribution in [3.63, 3.8) is 0 Å². The Morgan fingerprint density at radius 2 is 1.87 bits per heavy atom. The number of ether oxygens (including phenoxy) is 2. The summed E-state index contributed by atoms with van der Waals surface area (Å²) in [4.78, 5) is 4.63. The smallest absolute Gasteiger partial charge is 0.231 e. The van der Waals surface area contributed by atoms with Crippen LogP contribution in [-0.2, 0) is 5.60 Å². The Labute approximate surface area is 138 Å². The first-order valence-corrected chi connectivity index (χ1v) is 8.16. The van der Waals surface area contributed by atoms with Gasteiger partial charge in [0.05, 0.1) is 5.69 Å². The molecule has 1 unspecified atom stereocenters. The molecule has 1 N–H and O–H groups in total. The van der Waals surface area contributed by atoms with Gasteiger partial charge in [0.1, 0.15) is 10.6 Å². The molecule has 3 aromatic rings. The molecule has 1 aliphatic heterocycles. The molecular formula is C18H15NO3S. The molecule has 116 valence electrons. The third-order valence-corrected chi connectivity index (χ3v) is 4.98. The lowest BCUT2D eigenvalue weighted by Crippen LogP contribution is -2.22. The number of hydrogen-bond acceptors (Lipinski definition) is 5. The van der Waals surface area contributed by atoms with Crippen LogP contribution in [0.5, 0.6) is 11.5 Å². The lowest BCUT2D eigenvalue weighted by Gasteiger charge is -2.21. The average Bonchev–Trinajstić information content (AvgIpc) is 3.24. The number of rotatable bonds is 3. The maximum atomic E-state index is 10.9. The van der Waals surface area contributed by atoms with Crippen molar-refractivity contribution in [1.29, 1.82) is 0 Å². The van der Waals surface area contributed by atoms with Crippen molar-refractivity contribution in [3.05, 3.63) is 64.5 Å². The van der Waals surface area contributed by atoms with Crippen LogP contribution < -0.4 is 9.47 Å².